The fourth-order valence-electron chi connectivity index (χ4n) is 1.87. The Hall–Kier alpha value is -1.36. The van der Waals surface area contributed by atoms with Gasteiger partial charge in [0.15, 0.2) is 0 Å². The van der Waals surface area contributed by atoms with Crippen LogP contribution in [-0.4, -0.2) is 22.0 Å². The van der Waals surface area contributed by atoms with E-state index in [1.165, 1.54) is 23.5 Å². The quantitative estimate of drug-likeness (QED) is 0.834. The number of halogens is 1. The van der Waals surface area contributed by atoms with Crippen molar-refractivity contribution in [2.45, 2.75) is 39.2 Å². The summed E-state index contributed by atoms with van der Waals surface area (Å²) in [5.74, 6) is 1.04. The van der Waals surface area contributed by atoms with Crippen LogP contribution in [0.3, 0.4) is 0 Å². The lowest BCUT2D eigenvalue weighted by Gasteiger charge is -2.14. The largest absolute Gasteiger partial charge is 0.354 e. The van der Waals surface area contributed by atoms with Crippen LogP contribution < -0.4 is 10.9 Å². The summed E-state index contributed by atoms with van der Waals surface area (Å²) in [6, 6.07) is 1.24. The van der Waals surface area contributed by atoms with Gasteiger partial charge in [-0.3, -0.25) is 14.2 Å². The van der Waals surface area contributed by atoms with Gasteiger partial charge in [0.05, 0.1) is 0 Å². The second kappa shape index (κ2) is 5.74. The van der Waals surface area contributed by atoms with E-state index in [4.69, 9.17) is 11.6 Å². The minimum absolute atomic E-state index is 0.00321. The second-order valence-corrected chi connectivity index (χ2v) is 5.65. The molecule has 104 valence electrons. The van der Waals surface area contributed by atoms with Gasteiger partial charge in [0.1, 0.15) is 17.5 Å². The molecule has 6 heteroatoms. The lowest BCUT2D eigenvalue weighted by atomic mass is 10.2. The predicted molar refractivity (Wildman–Crippen MR) is 73.3 cm³/mol. The van der Waals surface area contributed by atoms with Crippen molar-refractivity contribution in [3.63, 3.8) is 0 Å². The summed E-state index contributed by atoms with van der Waals surface area (Å²) in [5, 5.41) is 3.01. The average molecular weight is 284 g/mol. The van der Waals surface area contributed by atoms with Crippen molar-refractivity contribution >= 4 is 17.5 Å². The van der Waals surface area contributed by atoms with Crippen LogP contribution in [0.1, 0.15) is 38.4 Å². The molecule has 2 rings (SSSR count). The Bertz CT molecular complexity index is 535. The molecule has 0 aromatic carbocycles. The molecule has 1 heterocycles. The molecule has 1 amide bonds. The molecule has 5 nitrogen and oxygen atoms in total. The topological polar surface area (TPSA) is 64.0 Å². The van der Waals surface area contributed by atoms with Gasteiger partial charge in [0.25, 0.3) is 5.56 Å². The first kappa shape index (κ1) is 14.1. The van der Waals surface area contributed by atoms with Crippen LogP contribution in [0, 0.1) is 5.92 Å². The van der Waals surface area contributed by atoms with Crippen molar-refractivity contribution < 1.29 is 4.79 Å². The molecule has 0 aliphatic heterocycles. The van der Waals surface area contributed by atoms with E-state index in [0.29, 0.717) is 18.3 Å². The molecule has 1 saturated carbocycles. The zero-order chi connectivity index (χ0) is 14.0. The molecule has 0 saturated heterocycles. The second-order valence-electron chi connectivity index (χ2n) is 5.26. The first-order chi connectivity index (χ1) is 8.97. The molecule has 0 radical (unpaired) electrons. The third-order valence-electron chi connectivity index (χ3n) is 3.11. The molecule has 1 aliphatic carbocycles. The summed E-state index contributed by atoms with van der Waals surface area (Å²) in [6.45, 7) is 4.53. The number of carbonyl (C=O) groups is 1. The number of carbonyl (C=O) groups excluding carboxylic acids is 1. The lowest BCUT2D eigenvalue weighted by molar-refractivity contribution is -0.121. The van der Waals surface area contributed by atoms with Gasteiger partial charge in [-0.2, -0.15) is 0 Å². The van der Waals surface area contributed by atoms with Crippen LogP contribution in [0.25, 0.3) is 0 Å². The Labute approximate surface area is 117 Å². The van der Waals surface area contributed by atoms with Crippen molar-refractivity contribution in [3.05, 3.63) is 27.4 Å². The molecule has 19 heavy (non-hydrogen) atoms. The van der Waals surface area contributed by atoms with Crippen molar-refractivity contribution in [1.82, 2.24) is 14.9 Å². The van der Waals surface area contributed by atoms with Gasteiger partial charge in [-0.1, -0.05) is 25.4 Å². The van der Waals surface area contributed by atoms with E-state index in [1.54, 1.807) is 0 Å². The Morgan fingerprint density at radius 2 is 2.26 bits per heavy atom. The highest BCUT2D eigenvalue weighted by molar-refractivity contribution is 6.29. The predicted octanol–water partition coefficient (Wildman–Crippen LogP) is 1.55. The summed E-state index contributed by atoms with van der Waals surface area (Å²) < 4.78 is 1.39. The molecule has 1 N–H and O–H groups in total. The average Bonchev–Trinajstić information content (AvgIpc) is 3.13. The van der Waals surface area contributed by atoms with Gasteiger partial charge < -0.3 is 5.32 Å². The van der Waals surface area contributed by atoms with E-state index in [1.807, 2.05) is 13.8 Å². The summed E-state index contributed by atoms with van der Waals surface area (Å²) in [7, 11) is 0. The van der Waals surface area contributed by atoms with Crippen molar-refractivity contribution in [2.24, 2.45) is 5.92 Å². The van der Waals surface area contributed by atoms with E-state index in [2.05, 4.69) is 10.3 Å². The number of nitrogens with one attached hydrogen (secondary N) is 1. The maximum atomic E-state index is 11.9. The first-order valence-corrected chi connectivity index (χ1v) is 6.89. The van der Waals surface area contributed by atoms with Gasteiger partial charge in [-0.15, -0.1) is 0 Å². The smallest absolute Gasteiger partial charge is 0.255 e. The standard InChI is InChI=1S/C13H18ClN3O2/c1-8(2)13-16-10(14)5-12(19)17(13)7-11(18)15-6-9-3-4-9/h5,8-9H,3-4,6-7H2,1-2H3,(H,15,18). The molecule has 1 aromatic heterocycles. The molecule has 0 atom stereocenters. The number of amides is 1. The van der Waals surface area contributed by atoms with Gasteiger partial charge in [-0.25, -0.2) is 4.98 Å². The highest BCUT2D eigenvalue weighted by atomic mass is 35.5. The zero-order valence-electron chi connectivity index (χ0n) is 11.1. The summed E-state index contributed by atoms with van der Waals surface area (Å²) in [6.07, 6.45) is 2.36. The van der Waals surface area contributed by atoms with Gasteiger partial charge in [0.2, 0.25) is 5.91 Å². The van der Waals surface area contributed by atoms with Crippen LogP contribution >= 0.6 is 11.6 Å². The maximum Gasteiger partial charge on any atom is 0.255 e. The van der Waals surface area contributed by atoms with Gasteiger partial charge >= 0.3 is 0 Å². The molecule has 1 aromatic rings. The molecule has 0 bridgehead atoms. The Morgan fingerprint density at radius 1 is 1.58 bits per heavy atom. The molecular weight excluding hydrogens is 266 g/mol. The third kappa shape index (κ3) is 3.80. The molecule has 0 spiro atoms. The Balaban J connectivity index is 2.13. The third-order valence-corrected chi connectivity index (χ3v) is 3.30. The summed E-state index contributed by atoms with van der Waals surface area (Å²) >= 11 is 5.79. The number of hydrogen-bond acceptors (Lipinski definition) is 3. The monoisotopic (exact) mass is 283 g/mol. The van der Waals surface area contributed by atoms with Crippen LogP contribution in [0.5, 0.6) is 0 Å². The Kier molecular flexibility index (Phi) is 4.24. The van der Waals surface area contributed by atoms with Crippen LogP contribution in [0.4, 0.5) is 0 Å². The van der Waals surface area contributed by atoms with Crippen molar-refractivity contribution in [3.8, 4) is 0 Å². The van der Waals surface area contributed by atoms with E-state index < -0.39 is 0 Å². The zero-order valence-corrected chi connectivity index (χ0v) is 11.9. The minimum atomic E-state index is -0.287. The first-order valence-electron chi connectivity index (χ1n) is 6.51. The van der Waals surface area contributed by atoms with Gasteiger partial charge in [-0.05, 0) is 18.8 Å². The summed E-state index contributed by atoms with van der Waals surface area (Å²) in [4.78, 5) is 27.9. The number of aromatic nitrogens is 2. The fourth-order valence-corrected chi connectivity index (χ4v) is 2.05. The van der Waals surface area contributed by atoms with E-state index >= 15 is 0 Å². The van der Waals surface area contributed by atoms with E-state index in [-0.39, 0.29) is 29.1 Å². The van der Waals surface area contributed by atoms with Crippen LogP contribution in [0.2, 0.25) is 5.15 Å². The van der Waals surface area contributed by atoms with Crippen LogP contribution in [0.15, 0.2) is 10.9 Å². The highest BCUT2D eigenvalue weighted by Gasteiger charge is 2.22. The van der Waals surface area contributed by atoms with E-state index in [0.717, 1.165) is 0 Å². The molecule has 1 fully saturated rings. The van der Waals surface area contributed by atoms with Gasteiger partial charge in [0, 0.05) is 18.5 Å². The van der Waals surface area contributed by atoms with E-state index in [9.17, 15) is 9.59 Å². The normalized spacial score (nSPS) is 14.7. The SMILES string of the molecule is CC(C)c1nc(Cl)cc(=O)n1CC(=O)NCC1CC1. The number of nitrogens with zero attached hydrogens (tertiary/aromatic N) is 2. The van der Waals surface area contributed by atoms with Crippen molar-refractivity contribution in [2.75, 3.05) is 6.54 Å². The van der Waals surface area contributed by atoms with Crippen molar-refractivity contribution in [1.29, 1.82) is 0 Å². The lowest BCUT2D eigenvalue weighted by Crippen LogP contribution is -2.35. The number of rotatable bonds is 5. The number of hydrogen-bond donors (Lipinski definition) is 1. The fraction of sp³-hybridized carbons (Fsp3) is 0.615. The van der Waals surface area contributed by atoms with Crippen LogP contribution in [-0.2, 0) is 11.3 Å². The Morgan fingerprint density at radius 3 is 2.84 bits per heavy atom. The molecule has 1 aliphatic rings. The minimum Gasteiger partial charge on any atom is -0.354 e. The molecule has 0 unspecified atom stereocenters. The summed E-state index contributed by atoms with van der Waals surface area (Å²) in [5.41, 5.74) is -0.287. The molecular formula is C13H18ClN3O2. The maximum absolute atomic E-state index is 11.9. The highest BCUT2D eigenvalue weighted by Crippen LogP contribution is 2.27.